The molecule has 0 saturated carbocycles. The van der Waals surface area contributed by atoms with Crippen LogP contribution in [0.4, 0.5) is 0 Å². The van der Waals surface area contributed by atoms with Crippen molar-refractivity contribution in [2.45, 2.75) is 0 Å². The smallest absolute Gasteiger partial charge is 0.221 e. The van der Waals surface area contributed by atoms with Gasteiger partial charge in [0.15, 0.2) is 5.78 Å². The Bertz CT molecular complexity index is 406. The van der Waals surface area contributed by atoms with Gasteiger partial charge >= 0.3 is 0 Å². The number of rotatable bonds is 4. The molecule has 1 aromatic rings. The highest BCUT2D eigenvalue weighted by molar-refractivity contribution is 7.89. The molecule has 0 atom stereocenters. The van der Waals surface area contributed by atoms with Crippen molar-refractivity contribution in [1.29, 1.82) is 0 Å². The lowest BCUT2D eigenvalue weighted by molar-refractivity contribution is 0.102. The van der Waals surface area contributed by atoms with Crippen LogP contribution in [0.2, 0.25) is 0 Å². The molecule has 0 aliphatic carbocycles. The number of hydrogen-bond acceptors (Lipinski definition) is 4. The fourth-order valence-electron chi connectivity index (χ4n) is 0.803. The zero-order valence-corrected chi connectivity index (χ0v) is 9.56. The molecule has 6 heteroatoms. The van der Waals surface area contributed by atoms with Crippen LogP contribution in [0.1, 0.15) is 9.67 Å². The molecule has 1 rings (SSSR count). The number of hydrogen-bond donors (Lipinski definition) is 0. The van der Waals surface area contributed by atoms with Crippen LogP contribution in [0, 0.1) is 0 Å². The lowest BCUT2D eigenvalue weighted by Gasteiger charge is -2.09. The van der Waals surface area contributed by atoms with Gasteiger partial charge in [0.1, 0.15) is 5.75 Å². The summed E-state index contributed by atoms with van der Waals surface area (Å²) in [7, 11) is -0.606. The third kappa shape index (κ3) is 2.63. The number of sulfonamides is 1. The average molecular weight is 233 g/mol. The van der Waals surface area contributed by atoms with Crippen LogP contribution >= 0.6 is 11.3 Å². The molecule has 0 aliphatic heterocycles. The minimum Gasteiger partial charge on any atom is -0.292 e. The molecule has 0 aromatic carbocycles. The quantitative estimate of drug-likeness (QED) is 0.724. The lowest BCUT2D eigenvalue weighted by atomic mass is 10.4. The second-order valence-corrected chi connectivity index (χ2v) is 6.07. The summed E-state index contributed by atoms with van der Waals surface area (Å²) in [6.07, 6.45) is 0. The Hall–Kier alpha value is -0.720. The van der Waals surface area contributed by atoms with E-state index in [4.69, 9.17) is 0 Å². The number of Topliss-reactive ketones (excluding diaryl/α,β-unsaturated/α-hetero) is 1. The summed E-state index contributed by atoms with van der Waals surface area (Å²) in [5.41, 5.74) is 0. The molecule has 0 aliphatic rings. The van der Waals surface area contributed by atoms with E-state index >= 15 is 0 Å². The van der Waals surface area contributed by atoms with Gasteiger partial charge in [-0.15, -0.1) is 11.3 Å². The zero-order chi connectivity index (χ0) is 10.8. The van der Waals surface area contributed by atoms with Gasteiger partial charge in [0.25, 0.3) is 0 Å². The van der Waals surface area contributed by atoms with E-state index in [1.165, 1.54) is 25.4 Å². The van der Waals surface area contributed by atoms with Gasteiger partial charge in [-0.1, -0.05) is 6.07 Å². The maximum Gasteiger partial charge on any atom is 0.221 e. The van der Waals surface area contributed by atoms with Crippen LogP contribution in [0.25, 0.3) is 0 Å². The predicted molar refractivity (Wildman–Crippen MR) is 56.1 cm³/mol. The molecular weight excluding hydrogens is 222 g/mol. The monoisotopic (exact) mass is 233 g/mol. The minimum atomic E-state index is -3.43. The third-order valence-corrected chi connectivity index (χ3v) is 4.32. The summed E-state index contributed by atoms with van der Waals surface area (Å²) in [4.78, 5) is 11.9. The highest BCUT2D eigenvalue weighted by Gasteiger charge is 2.20. The molecule has 0 unspecified atom stereocenters. The van der Waals surface area contributed by atoms with E-state index in [0.29, 0.717) is 4.88 Å². The summed E-state index contributed by atoms with van der Waals surface area (Å²) in [6, 6.07) is 3.35. The van der Waals surface area contributed by atoms with E-state index in [0.717, 1.165) is 4.31 Å². The Labute approximate surface area is 87.2 Å². The first-order valence-electron chi connectivity index (χ1n) is 3.90. The molecule has 14 heavy (non-hydrogen) atoms. The van der Waals surface area contributed by atoms with E-state index in [1.54, 1.807) is 17.5 Å². The van der Waals surface area contributed by atoms with E-state index in [1.807, 2.05) is 0 Å². The Morgan fingerprint density at radius 2 is 2.14 bits per heavy atom. The summed E-state index contributed by atoms with van der Waals surface area (Å²) in [5.74, 6) is -0.811. The first-order valence-corrected chi connectivity index (χ1v) is 6.39. The van der Waals surface area contributed by atoms with E-state index < -0.39 is 15.8 Å². The summed E-state index contributed by atoms with van der Waals surface area (Å²) >= 11 is 1.25. The molecule has 1 aromatic heterocycles. The Kier molecular flexibility index (Phi) is 3.41. The van der Waals surface area contributed by atoms with E-state index in [9.17, 15) is 13.2 Å². The molecular formula is C8H11NO3S2. The molecule has 4 nitrogen and oxygen atoms in total. The van der Waals surface area contributed by atoms with Gasteiger partial charge in [0, 0.05) is 14.1 Å². The van der Waals surface area contributed by atoms with Crippen molar-refractivity contribution in [3.05, 3.63) is 22.4 Å². The van der Waals surface area contributed by atoms with Crippen LogP contribution in [0.15, 0.2) is 17.5 Å². The highest BCUT2D eigenvalue weighted by Crippen LogP contribution is 2.11. The molecule has 0 saturated heterocycles. The minimum absolute atomic E-state index is 0.353. The van der Waals surface area contributed by atoms with Gasteiger partial charge in [-0.2, -0.15) is 0 Å². The SMILES string of the molecule is CN(C)S(=O)(=O)CC(=O)c1cccs1. The van der Waals surface area contributed by atoms with Crippen molar-refractivity contribution in [1.82, 2.24) is 4.31 Å². The fourth-order valence-corrected chi connectivity index (χ4v) is 2.30. The first-order chi connectivity index (χ1) is 6.43. The second kappa shape index (κ2) is 4.20. The summed E-state index contributed by atoms with van der Waals surface area (Å²) < 4.78 is 23.7. The van der Waals surface area contributed by atoms with Gasteiger partial charge in [-0.05, 0) is 11.4 Å². The summed E-state index contributed by atoms with van der Waals surface area (Å²) in [6.45, 7) is 0. The van der Waals surface area contributed by atoms with Crippen LogP contribution < -0.4 is 0 Å². The van der Waals surface area contributed by atoms with Crippen molar-refractivity contribution in [3.8, 4) is 0 Å². The molecule has 78 valence electrons. The van der Waals surface area contributed by atoms with Crippen LogP contribution in [-0.2, 0) is 10.0 Å². The van der Waals surface area contributed by atoms with Crippen molar-refractivity contribution < 1.29 is 13.2 Å². The normalized spacial score (nSPS) is 11.9. The molecule has 0 spiro atoms. The zero-order valence-electron chi connectivity index (χ0n) is 7.93. The number of nitrogens with zero attached hydrogens (tertiary/aromatic N) is 1. The number of thiophene rings is 1. The van der Waals surface area contributed by atoms with Crippen LogP contribution in [0.3, 0.4) is 0 Å². The van der Waals surface area contributed by atoms with Gasteiger partial charge in [0.05, 0.1) is 4.88 Å². The maximum absolute atomic E-state index is 11.4. The predicted octanol–water partition coefficient (Wildman–Crippen LogP) is 0.822. The largest absolute Gasteiger partial charge is 0.292 e. The number of carbonyl (C=O) groups is 1. The second-order valence-electron chi connectivity index (χ2n) is 2.94. The molecule has 0 bridgehead atoms. The molecule has 0 N–H and O–H groups in total. The van der Waals surface area contributed by atoms with Crippen molar-refractivity contribution in [3.63, 3.8) is 0 Å². The fraction of sp³-hybridized carbons (Fsp3) is 0.375. The van der Waals surface area contributed by atoms with E-state index in [2.05, 4.69) is 0 Å². The lowest BCUT2D eigenvalue weighted by Crippen LogP contribution is -2.28. The Balaban J connectivity index is 2.77. The van der Waals surface area contributed by atoms with E-state index in [-0.39, 0.29) is 5.78 Å². The first kappa shape index (κ1) is 11.4. The Morgan fingerprint density at radius 1 is 1.50 bits per heavy atom. The molecule has 0 amide bonds. The average Bonchev–Trinajstić information content (AvgIpc) is 2.54. The Morgan fingerprint density at radius 3 is 2.57 bits per heavy atom. The molecule has 1 heterocycles. The maximum atomic E-state index is 11.4. The third-order valence-electron chi connectivity index (χ3n) is 1.67. The van der Waals surface area contributed by atoms with Crippen molar-refractivity contribution >= 4 is 27.1 Å². The molecule has 0 radical (unpaired) electrons. The van der Waals surface area contributed by atoms with Gasteiger partial charge in [-0.3, -0.25) is 4.79 Å². The summed E-state index contributed by atoms with van der Waals surface area (Å²) in [5, 5.41) is 1.75. The topological polar surface area (TPSA) is 54.5 Å². The number of carbonyl (C=O) groups excluding carboxylic acids is 1. The van der Waals surface area contributed by atoms with Gasteiger partial charge < -0.3 is 0 Å². The van der Waals surface area contributed by atoms with Crippen molar-refractivity contribution in [2.24, 2.45) is 0 Å². The van der Waals surface area contributed by atoms with Gasteiger partial charge in [-0.25, -0.2) is 12.7 Å². The van der Waals surface area contributed by atoms with Crippen LogP contribution in [-0.4, -0.2) is 38.4 Å². The van der Waals surface area contributed by atoms with Crippen molar-refractivity contribution in [2.75, 3.05) is 19.8 Å². The van der Waals surface area contributed by atoms with Gasteiger partial charge in [0.2, 0.25) is 10.0 Å². The standard InChI is InChI=1S/C8H11NO3S2/c1-9(2)14(11,12)6-7(10)8-4-3-5-13-8/h3-5H,6H2,1-2H3. The molecule has 0 fully saturated rings. The number of ketones is 1. The highest BCUT2D eigenvalue weighted by atomic mass is 32.2. The van der Waals surface area contributed by atoms with Crippen LogP contribution in [0.5, 0.6) is 0 Å².